The van der Waals surface area contributed by atoms with Gasteiger partial charge in [0.2, 0.25) is 0 Å². The lowest BCUT2D eigenvalue weighted by Gasteiger charge is -2.25. The molecule has 0 spiro atoms. The maximum atomic E-state index is 11.6. The van der Waals surface area contributed by atoms with E-state index in [1.807, 2.05) is 12.1 Å². The van der Waals surface area contributed by atoms with Gasteiger partial charge in [-0.1, -0.05) is 12.1 Å². The van der Waals surface area contributed by atoms with E-state index in [4.69, 9.17) is 4.74 Å². The molecule has 1 aliphatic heterocycles. The van der Waals surface area contributed by atoms with Crippen molar-refractivity contribution in [2.24, 2.45) is 0 Å². The first-order chi connectivity index (χ1) is 8.07. The lowest BCUT2D eigenvalue weighted by atomic mass is 10.1. The van der Waals surface area contributed by atoms with Crippen LogP contribution in [0.1, 0.15) is 12.8 Å². The van der Waals surface area contributed by atoms with Crippen LogP contribution in [0.4, 0.5) is 5.69 Å². The normalized spacial score (nSPS) is 17.9. The first-order valence-electron chi connectivity index (χ1n) is 5.71. The molecule has 1 aromatic rings. The van der Waals surface area contributed by atoms with Crippen LogP contribution in [0.25, 0.3) is 0 Å². The molecule has 1 aromatic carbocycles. The smallest absolute Gasteiger partial charge is 0.177 e. The van der Waals surface area contributed by atoms with Crippen LogP contribution in [0.3, 0.4) is 0 Å². The Balaban J connectivity index is 2.20. The van der Waals surface area contributed by atoms with Crippen molar-refractivity contribution in [3.63, 3.8) is 0 Å². The van der Waals surface area contributed by atoms with Crippen LogP contribution in [0, 0.1) is 0 Å². The molecule has 1 N–H and O–H groups in total. The number of sulfone groups is 1. The van der Waals surface area contributed by atoms with Gasteiger partial charge in [-0.05, 0) is 25.0 Å². The average Bonchev–Trinajstić information content (AvgIpc) is 2.30. The van der Waals surface area contributed by atoms with Gasteiger partial charge in [-0.15, -0.1) is 0 Å². The van der Waals surface area contributed by atoms with E-state index in [2.05, 4.69) is 5.32 Å². The van der Waals surface area contributed by atoms with Gasteiger partial charge in [0, 0.05) is 25.5 Å². The molecule has 0 bridgehead atoms. The highest BCUT2D eigenvalue weighted by molar-refractivity contribution is 7.90. The fraction of sp³-hybridized carbons (Fsp3) is 0.500. The highest BCUT2D eigenvalue weighted by Crippen LogP contribution is 2.23. The Labute approximate surface area is 102 Å². The Hall–Kier alpha value is -1.07. The molecule has 0 saturated carbocycles. The first kappa shape index (κ1) is 12.4. The number of para-hydroxylation sites is 1. The molecular weight excluding hydrogens is 238 g/mol. The van der Waals surface area contributed by atoms with Crippen molar-refractivity contribution >= 4 is 15.5 Å². The van der Waals surface area contributed by atoms with E-state index in [0.717, 1.165) is 26.1 Å². The standard InChI is InChI=1S/C12H17NO3S/c1-17(14,15)12-5-3-2-4-11(12)13-10-6-8-16-9-7-10/h2-5,10,13H,6-9H2,1H3. The number of rotatable bonds is 3. The van der Waals surface area contributed by atoms with Crippen molar-refractivity contribution in [3.05, 3.63) is 24.3 Å². The van der Waals surface area contributed by atoms with Crippen LogP contribution < -0.4 is 5.32 Å². The molecule has 1 saturated heterocycles. The Morgan fingerprint density at radius 2 is 1.88 bits per heavy atom. The minimum absolute atomic E-state index is 0.298. The van der Waals surface area contributed by atoms with E-state index < -0.39 is 9.84 Å². The zero-order valence-corrected chi connectivity index (χ0v) is 10.7. The summed E-state index contributed by atoms with van der Waals surface area (Å²) < 4.78 is 28.5. The summed E-state index contributed by atoms with van der Waals surface area (Å²) in [4.78, 5) is 0.367. The van der Waals surface area contributed by atoms with E-state index in [0.29, 0.717) is 16.6 Å². The Morgan fingerprint density at radius 3 is 2.53 bits per heavy atom. The van der Waals surface area contributed by atoms with Crippen molar-refractivity contribution in [2.45, 2.75) is 23.8 Å². The van der Waals surface area contributed by atoms with Gasteiger partial charge in [-0.2, -0.15) is 0 Å². The molecule has 0 amide bonds. The number of nitrogens with one attached hydrogen (secondary N) is 1. The lowest BCUT2D eigenvalue weighted by Crippen LogP contribution is -2.28. The van der Waals surface area contributed by atoms with Crippen LogP contribution in [-0.2, 0) is 14.6 Å². The highest BCUT2D eigenvalue weighted by Gasteiger charge is 2.17. The summed E-state index contributed by atoms with van der Waals surface area (Å²) in [7, 11) is -3.18. The molecule has 0 radical (unpaired) electrons. The Kier molecular flexibility index (Phi) is 3.69. The molecule has 2 rings (SSSR count). The van der Waals surface area contributed by atoms with E-state index in [1.54, 1.807) is 12.1 Å². The largest absolute Gasteiger partial charge is 0.381 e. The fourth-order valence-electron chi connectivity index (χ4n) is 1.97. The SMILES string of the molecule is CS(=O)(=O)c1ccccc1NC1CCOCC1. The third-order valence-electron chi connectivity index (χ3n) is 2.87. The second-order valence-electron chi connectivity index (χ2n) is 4.30. The predicted octanol–water partition coefficient (Wildman–Crippen LogP) is 1.68. The molecule has 0 aliphatic carbocycles. The van der Waals surface area contributed by atoms with Crippen molar-refractivity contribution in [1.29, 1.82) is 0 Å². The maximum absolute atomic E-state index is 11.6. The van der Waals surface area contributed by atoms with Gasteiger partial charge >= 0.3 is 0 Å². The lowest BCUT2D eigenvalue weighted by molar-refractivity contribution is 0.0904. The minimum Gasteiger partial charge on any atom is -0.381 e. The Bertz CT molecular complexity index is 478. The van der Waals surface area contributed by atoms with Crippen LogP contribution in [0.5, 0.6) is 0 Å². The monoisotopic (exact) mass is 255 g/mol. The summed E-state index contributed by atoms with van der Waals surface area (Å²) in [5.74, 6) is 0. The van der Waals surface area contributed by atoms with Crippen molar-refractivity contribution in [1.82, 2.24) is 0 Å². The maximum Gasteiger partial charge on any atom is 0.177 e. The highest BCUT2D eigenvalue weighted by atomic mass is 32.2. The second kappa shape index (κ2) is 5.06. The van der Waals surface area contributed by atoms with Crippen LogP contribution >= 0.6 is 0 Å². The fourth-order valence-corrected chi connectivity index (χ4v) is 2.82. The van der Waals surface area contributed by atoms with Crippen molar-refractivity contribution in [2.75, 3.05) is 24.8 Å². The summed E-state index contributed by atoms with van der Waals surface area (Å²) in [6.07, 6.45) is 3.06. The van der Waals surface area contributed by atoms with E-state index >= 15 is 0 Å². The summed E-state index contributed by atoms with van der Waals surface area (Å²) in [5.41, 5.74) is 0.696. The molecule has 4 nitrogen and oxygen atoms in total. The van der Waals surface area contributed by atoms with Crippen LogP contribution in [0.15, 0.2) is 29.2 Å². The van der Waals surface area contributed by atoms with Crippen molar-refractivity contribution < 1.29 is 13.2 Å². The molecule has 0 unspecified atom stereocenters. The molecule has 1 aliphatic rings. The van der Waals surface area contributed by atoms with Crippen LogP contribution in [0.2, 0.25) is 0 Å². The zero-order chi connectivity index (χ0) is 12.3. The number of benzene rings is 1. The number of hydrogen-bond acceptors (Lipinski definition) is 4. The molecular formula is C12H17NO3S. The summed E-state index contributed by atoms with van der Waals surface area (Å²) >= 11 is 0. The molecule has 0 aromatic heterocycles. The second-order valence-corrected chi connectivity index (χ2v) is 6.28. The third-order valence-corrected chi connectivity index (χ3v) is 4.02. The predicted molar refractivity (Wildman–Crippen MR) is 67.0 cm³/mol. The summed E-state index contributed by atoms with van der Waals surface area (Å²) in [6, 6.07) is 7.33. The molecule has 17 heavy (non-hydrogen) atoms. The van der Waals surface area contributed by atoms with E-state index in [-0.39, 0.29) is 0 Å². The molecule has 5 heteroatoms. The van der Waals surface area contributed by atoms with Crippen LogP contribution in [-0.4, -0.2) is 33.9 Å². The third kappa shape index (κ3) is 3.20. The quantitative estimate of drug-likeness (QED) is 0.893. The van der Waals surface area contributed by atoms with Gasteiger partial charge < -0.3 is 10.1 Å². The molecule has 1 heterocycles. The van der Waals surface area contributed by atoms with Gasteiger partial charge in [0.1, 0.15) is 0 Å². The van der Waals surface area contributed by atoms with Gasteiger partial charge in [-0.25, -0.2) is 8.42 Å². The summed E-state index contributed by atoms with van der Waals surface area (Å²) in [5, 5.41) is 3.30. The zero-order valence-electron chi connectivity index (χ0n) is 9.85. The number of ether oxygens (including phenoxy) is 1. The molecule has 1 fully saturated rings. The minimum atomic E-state index is -3.18. The molecule has 94 valence electrons. The first-order valence-corrected chi connectivity index (χ1v) is 7.60. The summed E-state index contributed by atoms with van der Waals surface area (Å²) in [6.45, 7) is 1.47. The Morgan fingerprint density at radius 1 is 1.24 bits per heavy atom. The van der Waals surface area contributed by atoms with Gasteiger partial charge in [0.05, 0.1) is 10.6 Å². The number of hydrogen-bond donors (Lipinski definition) is 1. The van der Waals surface area contributed by atoms with Gasteiger partial charge in [0.25, 0.3) is 0 Å². The van der Waals surface area contributed by atoms with E-state index in [9.17, 15) is 8.42 Å². The van der Waals surface area contributed by atoms with E-state index in [1.165, 1.54) is 6.26 Å². The number of anilines is 1. The van der Waals surface area contributed by atoms with Gasteiger partial charge in [-0.3, -0.25) is 0 Å². The molecule has 0 atom stereocenters. The average molecular weight is 255 g/mol. The van der Waals surface area contributed by atoms with Gasteiger partial charge in [0.15, 0.2) is 9.84 Å². The topological polar surface area (TPSA) is 55.4 Å². The van der Waals surface area contributed by atoms with Crippen molar-refractivity contribution in [3.8, 4) is 0 Å².